The van der Waals surface area contributed by atoms with Crippen molar-refractivity contribution in [3.63, 3.8) is 0 Å². The number of ether oxygens (including phenoxy) is 1. The van der Waals surface area contributed by atoms with Crippen molar-refractivity contribution in [1.82, 2.24) is 5.32 Å². The number of carbonyl (C=O) groups is 2. The Kier molecular flexibility index (Phi) is 5.46. The second kappa shape index (κ2) is 7.94. The predicted molar refractivity (Wildman–Crippen MR) is 92.4 cm³/mol. The number of nitrogens with one attached hydrogen (secondary N) is 1. The predicted octanol–water partition coefficient (Wildman–Crippen LogP) is 2.53. The van der Waals surface area contributed by atoms with Crippen molar-refractivity contribution in [2.75, 3.05) is 6.61 Å². The van der Waals surface area contributed by atoms with Crippen LogP contribution in [0.5, 0.6) is 0 Å². The maximum Gasteiger partial charge on any atom is 0.306 e. The molecule has 2 aromatic rings. The zero-order valence-electron chi connectivity index (χ0n) is 13.8. The summed E-state index contributed by atoms with van der Waals surface area (Å²) in [6.07, 6.45) is -0.393. The van der Waals surface area contributed by atoms with Crippen LogP contribution in [0, 0.1) is 5.92 Å². The summed E-state index contributed by atoms with van der Waals surface area (Å²) < 4.78 is 4.90. The molecule has 1 aliphatic rings. The van der Waals surface area contributed by atoms with Gasteiger partial charge in [-0.05, 0) is 11.1 Å². The highest BCUT2D eigenvalue weighted by molar-refractivity contribution is 5.79. The fourth-order valence-corrected chi connectivity index (χ4v) is 3.04. The highest BCUT2D eigenvalue weighted by Crippen LogP contribution is 2.29. The molecule has 2 aromatic carbocycles. The standard InChI is InChI=1S/C20H21NO4/c22-17(11-14-12-18(23)25-13-14)21-19(15-7-3-1-4-8-15)20(24)16-9-5-2-6-10-16/h1-10,14,19-20,24H,11-13H2,(H,21,22)/t14?,19-,20+/m0/s1. The van der Waals surface area contributed by atoms with E-state index in [1.807, 2.05) is 60.7 Å². The third-order valence-corrected chi connectivity index (χ3v) is 4.34. The van der Waals surface area contributed by atoms with Gasteiger partial charge in [0.2, 0.25) is 5.91 Å². The molecular weight excluding hydrogens is 318 g/mol. The van der Waals surface area contributed by atoms with Crippen LogP contribution in [0.3, 0.4) is 0 Å². The highest BCUT2D eigenvalue weighted by Gasteiger charge is 2.29. The third kappa shape index (κ3) is 4.45. The van der Waals surface area contributed by atoms with E-state index in [1.165, 1.54) is 0 Å². The number of esters is 1. The van der Waals surface area contributed by atoms with E-state index in [9.17, 15) is 14.7 Å². The zero-order chi connectivity index (χ0) is 17.6. The second-order valence-electron chi connectivity index (χ2n) is 6.27. The maximum absolute atomic E-state index is 12.4. The molecule has 1 aliphatic heterocycles. The first-order chi connectivity index (χ1) is 12.1. The van der Waals surface area contributed by atoms with Gasteiger partial charge < -0.3 is 15.2 Å². The van der Waals surface area contributed by atoms with Crippen molar-refractivity contribution in [2.24, 2.45) is 5.92 Å². The van der Waals surface area contributed by atoms with Gasteiger partial charge in [0.05, 0.1) is 19.1 Å². The summed E-state index contributed by atoms with van der Waals surface area (Å²) in [6.45, 7) is 0.281. The van der Waals surface area contributed by atoms with Crippen molar-refractivity contribution < 1.29 is 19.4 Å². The molecule has 1 unspecified atom stereocenters. The summed E-state index contributed by atoms with van der Waals surface area (Å²) in [7, 11) is 0. The lowest BCUT2D eigenvalue weighted by Crippen LogP contribution is -2.33. The average molecular weight is 339 g/mol. The number of amides is 1. The smallest absolute Gasteiger partial charge is 0.306 e. The summed E-state index contributed by atoms with van der Waals surface area (Å²) >= 11 is 0. The number of hydrogen-bond acceptors (Lipinski definition) is 4. The summed E-state index contributed by atoms with van der Waals surface area (Å²) in [5.41, 5.74) is 1.56. The minimum Gasteiger partial charge on any atom is -0.465 e. The Morgan fingerprint density at radius 3 is 2.24 bits per heavy atom. The van der Waals surface area contributed by atoms with E-state index in [1.54, 1.807) is 0 Å². The number of aliphatic hydroxyl groups is 1. The van der Waals surface area contributed by atoms with E-state index in [0.29, 0.717) is 0 Å². The Morgan fingerprint density at radius 1 is 1.08 bits per heavy atom. The van der Waals surface area contributed by atoms with Gasteiger partial charge in [0.1, 0.15) is 6.10 Å². The Balaban J connectivity index is 1.75. The Morgan fingerprint density at radius 2 is 1.68 bits per heavy atom. The fourth-order valence-electron chi connectivity index (χ4n) is 3.04. The van der Waals surface area contributed by atoms with E-state index < -0.39 is 12.1 Å². The van der Waals surface area contributed by atoms with Crippen LogP contribution in [0.15, 0.2) is 60.7 Å². The van der Waals surface area contributed by atoms with E-state index in [4.69, 9.17) is 4.74 Å². The summed E-state index contributed by atoms with van der Waals surface area (Å²) in [6, 6.07) is 18.1. The molecule has 3 atom stereocenters. The normalized spacial score (nSPS) is 19.1. The van der Waals surface area contributed by atoms with Crippen molar-refractivity contribution >= 4 is 11.9 Å². The number of cyclic esters (lactones) is 1. The van der Waals surface area contributed by atoms with Gasteiger partial charge in [-0.25, -0.2) is 0 Å². The molecule has 1 heterocycles. The third-order valence-electron chi connectivity index (χ3n) is 4.34. The lowest BCUT2D eigenvalue weighted by molar-refractivity contribution is -0.138. The molecule has 3 rings (SSSR count). The van der Waals surface area contributed by atoms with Gasteiger partial charge in [0.25, 0.3) is 0 Å². The van der Waals surface area contributed by atoms with Gasteiger partial charge in [-0.3, -0.25) is 9.59 Å². The van der Waals surface area contributed by atoms with E-state index in [0.717, 1.165) is 11.1 Å². The molecule has 130 valence electrons. The Hall–Kier alpha value is -2.66. The van der Waals surface area contributed by atoms with Gasteiger partial charge in [-0.2, -0.15) is 0 Å². The van der Waals surface area contributed by atoms with Gasteiger partial charge in [0.15, 0.2) is 0 Å². The summed E-state index contributed by atoms with van der Waals surface area (Å²) in [5.74, 6) is -0.563. The van der Waals surface area contributed by atoms with Gasteiger partial charge >= 0.3 is 5.97 Å². The number of hydrogen-bond donors (Lipinski definition) is 2. The molecule has 0 aromatic heterocycles. The van der Waals surface area contributed by atoms with Crippen molar-refractivity contribution in [3.05, 3.63) is 71.8 Å². The van der Waals surface area contributed by atoms with Crippen molar-refractivity contribution in [3.8, 4) is 0 Å². The molecule has 1 fully saturated rings. The van der Waals surface area contributed by atoms with Crippen LogP contribution in [-0.2, 0) is 14.3 Å². The first-order valence-electron chi connectivity index (χ1n) is 8.36. The van der Waals surface area contributed by atoms with Gasteiger partial charge in [-0.1, -0.05) is 60.7 Å². The lowest BCUT2D eigenvalue weighted by atomic mass is 9.95. The molecule has 2 N–H and O–H groups in total. The molecule has 1 saturated heterocycles. The maximum atomic E-state index is 12.4. The van der Waals surface area contributed by atoms with Crippen molar-refractivity contribution in [1.29, 1.82) is 0 Å². The topological polar surface area (TPSA) is 75.6 Å². The molecule has 0 bridgehead atoms. The average Bonchev–Trinajstić information content (AvgIpc) is 3.05. The molecule has 0 spiro atoms. The van der Waals surface area contributed by atoms with E-state index in [2.05, 4.69) is 5.32 Å². The number of aliphatic hydroxyl groups excluding tert-OH is 1. The number of rotatable bonds is 6. The molecule has 25 heavy (non-hydrogen) atoms. The van der Waals surface area contributed by atoms with Gasteiger partial charge in [0, 0.05) is 12.3 Å². The first-order valence-corrected chi connectivity index (χ1v) is 8.36. The summed E-state index contributed by atoms with van der Waals surface area (Å²) in [4.78, 5) is 23.6. The zero-order valence-corrected chi connectivity index (χ0v) is 13.8. The van der Waals surface area contributed by atoms with Gasteiger partial charge in [-0.15, -0.1) is 0 Å². The van der Waals surface area contributed by atoms with E-state index >= 15 is 0 Å². The minimum atomic E-state index is -0.867. The molecule has 5 nitrogen and oxygen atoms in total. The molecular formula is C20H21NO4. The monoisotopic (exact) mass is 339 g/mol. The largest absolute Gasteiger partial charge is 0.465 e. The van der Waals surface area contributed by atoms with Crippen LogP contribution in [0.4, 0.5) is 0 Å². The Bertz CT molecular complexity index is 717. The van der Waals surface area contributed by atoms with Crippen LogP contribution in [0.1, 0.15) is 36.1 Å². The number of carbonyl (C=O) groups excluding carboxylic acids is 2. The molecule has 0 aliphatic carbocycles. The van der Waals surface area contributed by atoms with Crippen LogP contribution in [0.25, 0.3) is 0 Å². The molecule has 0 radical (unpaired) electrons. The minimum absolute atomic E-state index is 0.0993. The SMILES string of the molecule is O=C(CC1COC(=O)C1)N[C@@H](c1ccccc1)[C@H](O)c1ccccc1. The molecule has 5 heteroatoms. The van der Waals surface area contributed by atoms with Crippen LogP contribution in [0.2, 0.25) is 0 Å². The van der Waals surface area contributed by atoms with Crippen LogP contribution >= 0.6 is 0 Å². The summed E-state index contributed by atoms with van der Waals surface area (Å²) in [5, 5.41) is 13.7. The highest BCUT2D eigenvalue weighted by atomic mass is 16.5. The van der Waals surface area contributed by atoms with Crippen molar-refractivity contribution in [2.45, 2.75) is 25.0 Å². The van der Waals surface area contributed by atoms with Crippen LogP contribution in [-0.4, -0.2) is 23.6 Å². The first kappa shape index (κ1) is 17.2. The molecule has 0 saturated carbocycles. The fraction of sp³-hybridized carbons (Fsp3) is 0.300. The Labute approximate surface area is 146 Å². The number of benzene rings is 2. The molecule has 1 amide bonds. The lowest BCUT2D eigenvalue weighted by Gasteiger charge is -2.25. The quantitative estimate of drug-likeness (QED) is 0.793. The van der Waals surface area contributed by atoms with Crippen LogP contribution < -0.4 is 5.32 Å². The second-order valence-corrected chi connectivity index (χ2v) is 6.27. The van der Waals surface area contributed by atoms with E-state index in [-0.39, 0.29) is 37.2 Å².